The third kappa shape index (κ3) is 5.88. The molecule has 5 heteroatoms. The van der Waals surface area contributed by atoms with Crippen LogP contribution < -0.4 is 5.32 Å². The first-order valence-corrected chi connectivity index (χ1v) is 11.2. The summed E-state index contributed by atoms with van der Waals surface area (Å²) >= 11 is 0. The van der Waals surface area contributed by atoms with Gasteiger partial charge in [-0.3, -0.25) is 4.99 Å². The summed E-state index contributed by atoms with van der Waals surface area (Å²) in [5, 5.41) is 8.80. The fourth-order valence-corrected chi connectivity index (χ4v) is 4.10. The number of aliphatic imine (C=N–C) groups is 1. The molecule has 0 fully saturated rings. The third-order valence-corrected chi connectivity index (χ3v) is 5.68. The zero-order valence-electron chi connectivity index (χ0n) is 20.2. The lowest BCUT2D eigenvalue weighted by molar-refractivity contribution is 0.230. The largest absolute Gasteiger partial charge is 0.362 e. The van der Waals surface area contributed by atoms with E-state index in [1.54, 1.807) is 13.1 Å². The Balaban J connectivity index is 2.05. The number of hydrogen-bond acceptors (Lipinski definition) is 4. The summed E-state index contributed by atoms with van der Waals surface area (Å²) in [4.78, 5) is 13.6. The Morgan fingerprint density at radius 1 is 1.24 bits per heavy atom. The molecule has 1 aliphatic rings. The molecular weight excluding hydrogens is 408 g/mol. The highest BCUT2D eigenvalue weighted by molar-refractivity contribution is 6.14. The van der Waals surface area contributed by atoms with Gasteiger partial charge in [-0.05, 0) is 56.5 Å². The number of fused-ring (bicyclic) bond motifs is 1. The van der Waals surface area contributed by atoms with Crippen molar-refractivity contribution in [2.75, 3.05) is 13.1 Å². The first-order valence-electron chi connectivity index (χ1n) is 11.2. The van der Waals surface area contributed by atoms with Crippen LogP contribution in [0.2, 0.25) is 0 Å². The quantitative estimate of drug-likeness (QED) is 0.310. The summed E-state index contributed by atoms with van der Waals surface area (Å²) < 4.78 is 0. The molecule has 0 saturated heterocycles. The second-order valence-electron chi connectivity index (χ2n) is 8.52. The maximum Gasteiger partial charge on any atom is 0.124 e. The predicted octanol–water partition coefficient (Wildman–Crippen LogP) is 6.07. The average molecular weight is 443 g/mol. The van der Waals surface area contributed by atoms with Crippen LogP contribution in [0, 0.1) is 19.8 Å². The Kier molecular flexibility index (Phi) is 8.01. The molecule has 0 spiro atoms. The number of benzene rings is 1. The summed E-state index contributed by atoms with van der Waals surface area (Å²) in [5.41, 5.74) is 8.54. The number of aromatic nitrogens is 1. The van der Waals surface area contributed by atoms with Crippen LogP contribution in [0.15, 0.2) is 83.9 Å². The highest BCUT2D eigenvalue weighted by Gasteiger charge is 2.24. The van der Waals surface area contributed by atoms with Crippen molar-refractivity contribution in [3.8, 4) is 0 Å². The minimum absolute atomic E-state index is 0.0329. The highest BCUT2D eigenvalue weighted by Crippen LogP contribution is 2.30. The molecule has 0 radical (unpaired) electrons. The minimum atomic E-state index is 0.0329. The molecule has 1 aromatic carbocycles. The van der Waals surface area contributed by atoms with Crippen molar-refractivity contribution in [2.24, 2.45) is 16.1 Å². The maximum atomic E-state index is 5.23. The normalized spacial score (nSPS) is 19.5. The Labute approximate surface area is 197 Å². The molecule has 1 aliphatic heterocycles. The molecule has 3 rings (SSSR count). The first-order chi connectivity index (χ1) is 15.8. The van der Waals surface area contributed by atoms with E-state index in [0.717, 1.165) is 52.2 Å². The number of aromatic amines is 1. The molecule has 2 heterocycles. The zero-order valence-corrected chi connectivity index (χ0v) is 20.2. The number of H-pyrrole nitrogens is 1. The van der Waals surface area contributed by atoms with E-state index in [1.807, 2.05) is 19.1 Å². The highest BCUT2D eigenvalue weighted by atomic mass is 16.6. The number of aryl methyl sites for hydroxylation is 2. The zero-order chi connectivity index (χ0) is 24.0. The smallest absolute Gasteiger partial charge is 0.124 e. The predicted molar refractivity (Wildman–Crippen MR) is 141 cm³/mol. The SMILES string of the molecule is C=C/N=C(\c1c(C)[nH]c2cc(C/C(C)=N\OC(=C)C)c(C)cc12)[C@H]1CNC/C=C\C=C/C1=C. The molecule has 2 aromatic rings. The number of allylic oxidation sites excluding steroid dienone is 4. The van der Waals surface area contributed by atoms with Gasteiger partial charge < -0.3 is 15.1 Å². The monoisotopic (exact) mass is 442 g/mol. The van der Waals surface area contributed by atoms with Crippen LogP contribution in [0.1, 0.15) is 36.2 Å². The molecule has 5 nitrogen and oxygen atoms in total. The fourth-order valence-electron chi connectivity index (χ4n) is 4.10. The van der Waals surface area contributed by atoms with E-state index in [0.29, 0.717) is 12.2 Å². The molecule has 1 atom stereocenters. The molecule has 0 amide bonds. The number of hydrogen-bond donors (Lipinski definition) is 2. The summed E-state index contributed by atoms with van der Waals surface area (Å²) in [7, 11) is 0. The summed E-state index contributed by atoms with van der Waals surface area (Å²) in [6.45, 7) is 21.5. The minimum Gasteiger partial charge on any atom is -0.362 e. The number of nitrogens with zero attached hydrogens (tertiary/aromatic N) is 2. The van der Waals surface area contributed by atoms with Crippen molar-refractivity contribution in [3.63, 3.8) is 0 Å². The number of nitrogens with one attached hydrogen (secondary N) is 2. The first kappa shape index (κ1) is 24.2. The third-order valence-electron chi connectivity index (χ3n) is 5.68. The molecule has 0 bridgehead atoms. The van der Waals surface area contributed by atoms with Gasteiger partial charge in [-0.15, -0.1) is 0 Å². The van der Waals surface area contributed by atoms with Crippen LogP contribution in [0.3, 0.4) is 0 Å². The van der Waals surface area contributed by atoms with Crippen LogP contribution >= 0.6 is 0 Å². The van der Waals surface area contributed by atoms with E-state index in [2.05, 4.69) is 73.3 Å². The average Bonchev–Trinajstić information content (AvgIpc) is 3.11. The second-order valence-corrected chi connectivity index (χ2v) is 8.52. The van der Waals surface area contributed by atoms with Gasteiger partial charge in [0.25, 0.3) is 0 Å². The Bertz CT molecular complexity index is 1190. The molecular formula is C28H34N4O. The van der Waals surface area contributed by atoms with Crippen LogP contribution in [-0.2, 0) is 11.3 Å². The van der Waals surface area contributed by atoms with Crippen LogP contribution in [0.25, 0.3) is 10.9 Å². The summed E-state index contributed by atoms with van der Waals surface area (Å²) in [6, 6.07) is 4.43. The van der Waals surface area contributed by atoms with Crippen molar-refractivity contribution in [1.82, 2.24) is 10.3 Å². The molecule has 0 aliphatic carbocycles. The van der Waals surface area contributed by atoms with Crippen LogP contribution in [0.4, 0.5) is 0 Å². The summed E-state index contributed by atoms with van der Waals surface area (Å²) in [5.74, 6) is 0.609. The van der Waals surface area contributed by atoms with E-state index in [-0.39, 0.29) is 5.92 Å². The maximum absolute atomic E-state index is 5.23. The van der Waals surface area contributed by atoms with Crippen molar-refractivity contribution >= 4 is 22.3 Å². The second kappa shape index (κ2) is 10.9. The van der Waals surface area contributed by atoms with E-state index < -0.39 is 0 Å². The van der Waals surface area contributed by atoms with E-state index in [1.165, 1.54) is 11.1 Å². The lowest BCUT2D eigenvalue weighted by Gasteiger charge is -2.21. The fraction of sp³-hybridized carbons (Fsp3) is 0.286. The van der Waals surface area contributed by atoms with Gasteiger partial charge in [0.05, 0.1) is 11.4 Å². The Morgan fingerprint density at radius 2 is 2.03 bits per heavy atom. The van der Waals surface area contributed by atoms with Gasteiger partial charge in [0.15, 0.2) is 0 Å². The van der Waals surface area contributed by atoms with E-state index in [4.69, 9.17) is 9.83 Å². The standard InChI is InChI=1S/C28H34N4O/c1-8-30-28(25-17-29-13-11-9-10-12-19(25)4)27-22(7)31-26-16-23(20(5)14-24(26)27)15-21(6)32-33-18(2)3/h8-12,14,16,25,29,31H,1-2,4,13,15,17H2,3,5-7H3/b11-9-,12-10-,30-28-,32-21-/t25-/m0/s1. The molecule has 2 N–H and O–H groups in total. The Hall–Kier alpha value is -3.44. The lowest BCUT2D eigenvalue weighted by Crippen LogP contribution is -2.30. The molecule has 33 heavy (non-hydrogen) atoms. The van der Waals surface area contributed by atoms with Gasteiger partial charge >= 0.3 is 0 Å². The topological polar surface area (TPSA) is 61.8 Å². The summed E-state index contributed by atoms with van der Waals surface area (Å²) in [6.07, 6.45) is 10.6. The van der Waals surface area contributed by atoms with Crippen molar-refractivity contribution in [2.45, 2.75) is 34.1 Å². The van der Waals surface area contributed by atoms with Gasteiger partial charge in [0.1, 0.15) is 5.76 Å². The van der Waals surface area contributed by atoms with Crippen molar-refractivity contribution in [3.05, 3.63) is 96.1 Å². The number of rotatable bonds is 7. The van der Waals surface area contributed by atoms with Gasteiger partial charge in [0.2, 0.25) is 0 Å². The van der Waals surface area contributed by atoms with Gasteiger partial charge in [0, 0.05) is 53.8 Å². The molecule has 0 saturated carbocycles. The number of oxime groups is 1. The van der Waals surface area contributed by atoms with Gasteiger partial charge in [-0.1, -0.05) is 49.2 Å². The molecule has 172 valence electrons. The van der Waals surface area contributed by atoms with Crippen LogP contribution in [-0.4, -0.2) is 29.5 Å². The van der Waals surface area contributed by atoms with E-state index >= 15 is 0 Å². The van der Waals surface area contributed by atoms with Gasteiger partial charge in [-0.25, -0.2) is 0 Å². The van der Waals surface area contributed by atoms with Crippen LogP contribution in [0.5, 0.6) is 0 Å². The van der Waals surface area contributed by atoms with E-state index in [9.17, 15) is 0 Å². The van der Waals surface area contributed by atoms with Gasteiger partial charge in [-0.2, -0.15) is 0 Å². The molecule has 1 aromatic heterocycles. The Morgan fingerprint density at radius 3 is 2.76 bits per heavy atom. The van der Waals surface area contributed by atoms with Crippen molar-refractivity contribution in [1.29, 1.82) is 0 Å². The van der Waals surface area contributed by atoms with Crippen molar-refractivity contribution < 1.29 is 4.84 Å². The lowest BCUT2D eigenvalue weighted by atomic mass is 9.87. The molecule has 0 unspecified atom stereocenters.